The summed E-state index contributed by atoms with van der Waals surface area (Å²) >= 11 is 0. The number of ether oxygens (including phenoxy) is 2. The van der Waals surface area contributed by atoms with Crippen LogP contribution in [0.5, 0.6) is 5.75 Å². The molecule has 0 spiro atoms. The highest BCUT2D eigenvalue weighted by molar-refractivity contribution is 5.28. The van der Waals surface area contributed by atoms with Crippen LogP contribution in [0.1, 0.15) is 25.0 Å². The van der Waals surface area contributed by atoms with E-state index in [1.54, 1.807) is 24.3 Å². The van der Waals surface area contributed by atoms with Gasteiger partial charge in [-0.05, 0) is 24.6 Å². The zero-order valence-electron chi connectivity index (χ0n) is 10.3. The molecule has 0 bridgehead atoms. The monoisotopic (exact) mass is 260 g/mol. The zero-order chi connectivity index (χ0) is 13.4. The van der Waals surface area contributed by atoms with E-state index in [1.807, 2.05) is 6.92 Å². The highest BCUT2D eigenvalue weighted by Gasteiger charge is 2.08. The second kappa shape index (κ2) is 8.00. The first kappa shape index (κ1) is 14.9. The highest BCUT2D eigenvalue weighted by atomic mass is 19.3. The number of rotatable bonds is 8. The molecule has 1 N–H and O–H groups in total. The maximum Gasteiger partial charge on any atom is 0.261 e. The Labute approximate surface area is 105 Å². The van der Waals surface area contributed by atoms with Crippen molar-refractivity contribution in [3.05, 3.63) is 29.8 Å². The van der Waals surface area contributed by atoms with Crippen LogP contribution in [0, 0.1) is 0 Å². The summed E-state index contributed by atoms with van der Waals surface area (Å²) in [5.41, 5.74) is 0.721. The molecule has 1 aromatic carbocycles. The van der Waals surface area contributed by atoms with Gasteiger partial charge >= 0.3 is 0 Å². The van der Waals surface area contributed by atoms with Gasteiger partial charge in [0.25, 0.3) is 6.43 Å². The Morgan fingerprint density at radius 3 is 2.44 bits per heavy atom. The predicted octanol–water partition coefficient (Wildman–Crippen LogP) is 2.79. The Morgan fingerprint density at radius 2 is 1.89 bits per heavy atom. The second-order valence-corrected chi connectivity index (χ2v) is 3.77. The largest absolute Gasteiger partial charge is 0.494 e. The molecular weight excluding hydrogens is 242 g/mol. The van der Waals surface area contributed by atoms with Gasteiger partial charge in [-0.15, -0.1) is 0 Å². The van der Waals surface area contributed by atoms with Gasteiger partial charge < -0.3 is 14.6 Å². The Balaban J connectivity index is 2.34. The van der Waals surface area contributed by atoms with Crippen molar-refractivity contribution in [2.24, 2.45) is 0 Å². The summed E-state index contributed by atoms with van der Waals surface area (Å²) in [5.74, 6) is 0.738. The van der Waals surface area contributed by atoms with Crippen LogP contribution in [0.4, 0.5) is 8.78 Å². The van der Waals surface area contributed by atoms with Crippen LogP contribution in [0.3, 0.4) is 0 Å². The van der Waals surface area contributed by atoms with E-state index < -0.39 is 19.1 Å². The van der Waals surface area contributed by atoms with E-state index in [0.717, 1.165) is 11.3 Å². The molecule has 102 valence electrons. The summed E-state index contributed by atoms with van der Waals surface area (Å²) < 4.78 is 33.6. The molecule has 0 aliphatic heterocycles. The van der Waals surface area contributed by atoms with Crippen LogP contribution in [-0.4, -0.2) is 31.4 Å². The van der Waals surface area contributed by atoms with E-state index >= 15 is 0 Å². The molecule has 0 aromatic heterocycles. The average molecular weight is 260 g/mol. The fourth-order valence-electron chi connectivity index (χ4n) is 1.49. The molecule has 18 heavy (non-hydrogen) atoms. The Hall–Kier alpha value is -1.20. The van der Waals surface area contributed by atoms with Gasteiger partial charge in [-0.1, -0.05) is 12.1 Å². The molecule has 0 heterocycles. The number of aliphatic hydroxyl groups is 1. The average Bonchev–Trinajstić information content (AvgIpc) is 2.35. The van der Waals surface area contributed by atoms with Crippen molar-refractivity contribution in [2.45, 2.75) is 25.9 Å². The SMILES string of the molecule is CCOc1ccc(C(O)CCOCC(F)F)cc1. The lowest BCUT2D eigenvalue weighted by molar-refractivity contribution is 0.00481. The van der Waals surface area contributed by atoms with Crippen molar-refractivity contribution in [2.75, 3.05) is 19.8 Å². The minimum Gasteiger partial charge on any atom is -0.494 e. The van der Waals surface area contributed by atoms with Crippen LogP contribution < -0.4 is 4.74 Å². The van der Waals surface area contributed by atoms with Gasteiger partial charge in [0.2, 0.25) is 0 Å². The van der Waals surface area contributed by atoms with Gasteiger partial charge in [0, 0.05) is 13.0 Å². The standard InChI is InChI=1S/C13H18F2O3/c1-2-18-11-5-3-10(4-6-11)12(16)7-8-17-9-13(14)15/h3-6,12-13,16H,2,7-9H2,1H3. The minimum atomic E-state index is -2.47. The smallest absolute Gasteiger partial charge is 0.261 e. The number of hydrogen-bond donors (Lipinski definition) is 1. The van der Waals surface area contributed by atoms with Crippen molar-refractivity contribution in [1.82, 2.24) is 0 Å². The van der Waals surface area contributed by atoms with Crippen molar-refractivity contribution >= 4 is 0 Å². The lowest BCUT2D eigenvalue weighted by atomic mass is 10.1. The van der Waals surface area contributed by atoms with Crippen LogP contribution in [0.25, 0.3) is 0 Å². The molecule has 0 saturated carbocycles. The number of halogens is 2. The summed E-state index contributed by atoms with van der Waals surface area (Å²) in [6, 6.07) is 7.04. The molecule has 3 nitrogen and oxygen atoms in total. The molecule has 0 aliphatic rings. The van der Waals surface area contributed by atoms with Crippen LogP contribution in [0.2, 0.25) is 0 Å². The van der Waals surface area contributed by atoms with Gasteiger partial charge in [-0.25, -0.2) is 8.78 Å². The highest BCUT2D eigenvalue weighted by Crippen LogP contribution is 2.20. The van der Waals surface area contributed by atoms with Gasteiger partial charge in [0.1, 0.15) is 12.4 Å². The van der Waals surface area contributed by atoms with Crippen LogP contribution >= 0.6 is 0 Å². The van der Waals surface area contributed by atoms with E-state index in [2.05, 4.69) is 0 Å². The summed E-state index contributed by atoms with van der Waals surface area (Å²) in [7, 11) is 0. The van der Waals surface area contributed by atoms with Gasteiger partial charge in [-0.2, -0.15) is 0 Å². The lowest BCUT2D eigenvalue weighted by Crippen LogP contribution is -2.08. The summed E-state index contributed by atoms with van der Waals surface area (Å²) in [5, 5.41) is 9.80. The van der Waals surface area contributed by atoms with Gasteiger partial charge in [0.05, 0.1) is 12.7 Å². The molecule has 0 aliphatic carbocycles. The molecule has 1 unspecified atom stereocenters. The van der Waals surface area contributed by atoms with E-state index in [4.69, 9.17) is 9.47 Å². The van der Waals surface area contributed by atoms with Crippen LogP contribution in [0.15, 0.2) is 24.3 Å². The van der Waals surface area contributed by atoms with E-state index in [0.29, 0.717) is 13.0 Å². The normalized spacial score (nSPS) is 12.7. The molecule has 0 fully saturated rings. The lowest BCUT2D eigenvalue weighted by Gasteiger charge is -2.12. The predicted molar refractivity (Wildman–Crippen MR) is 64.0 cm³/mol. The topological polar surface area (TPSA) is 38.7 Å². The van der Waals surface area contributed by atoms with E-state index in [9.17, 15) is 13.9 Å². The Kier molecular flexibility index (Phi) is 6.60. The van der Waals surface area contributed by atoms with Crippen LogP contribution in [-0.2, 0) is 4.74 Å². The number of hydrogen-bond acceptors (Lipinski definition) is 3. The summed E-state index contributed by atoms with van der Waals surface area (Å²) in [6.45, 7) is 2.00. The minimum absolute atomic E-state index is 0.110. The first-order valence-corrected chi connectivity index (χ1v) is 5.90. The third-order valence-electron chi connectivity index (χ3n) is 2.36. The van der Waals surface area contributed by atoms with Gasteiger partial charge in [0.15, 0.2) is 0 Å². The van der Waals surface area contributed by atoms with Gasteiger partial charge in [-0.3, -0.25) is 0 Å². The van der Waals surface area contributed by atoms with Crippen molar-refractivity contribution in [1.29, 1.82) is 0 Å². The molecular formula is C13H18F2O3. The Bertz CT molecular complexity index is 328. The molecule has 0 radical (unpaired) electrons. The first-order valence-electron chi connectivity index (χ1n) is 5.90. The first-order chi connectivity index (χ1) is 8.63. The van der Waals surface area contributed by atoms with E-state index in [1.165, 1.54) is 0 Å². The summed E-state index contributed by atoms with van der Waals surface area (Å²) in [4.78, 5) is 0. The Morgan fingerprint density at radius 1 is 1.22 bits per heavy atom. The molecule has 0 amide bonds. The fourth-order valence-corrected chi connectivity index (χ4v) is 1.49. The number of aliphatic hydroxyl groups excluding tert-OH is 1. The third-order valence-corrected chi connectivity index (χ3v) is 2.36. The number of benzene rings is 1. The third kappa shape index (κ3) is 5.42. The van der Waals surface area contributed by atoms with Crippen molar-refractivity contribution < 1.29 is 23.4 Å². The molecule has 1 rings (SSSR count). The summed E-state index contributed by atoms with van der Waals surface area (Å²) in [6.07, 6.45) is -2.88. The van der Waals surface area contributed by atoms with Crippen molar-refractivity contribution in [3.63, 3.8) is 0 Å². The zero-order valence-corrected chi connectivity index (χ0v) is 10.3. The van der Waals surface area contributed by atoms with Crippen molar-refractivity contribution in [3.8, 4) is 5.75 Å². The molecule has 0 saturated heterocycles. The molecule has 1 atom stereocenters. The molecule has 1 aromatic rings. The van der Waals surface area contributed by atoms with E-state index in [-0.39, 0.29) is 6.61 Å². The molecule has 5 heteroatoms. The maximum atomic E-state index is 11.8. The maximum absolute atomic E-state index is 11.8. The number of alkyl halides is 2. The fraction of sp³-hybridized carbons (Fsp3) is 0.538. The second-order valence-electron chi connectivity index (χ2n) is 3.77. The quantitative estimate of drug-likeness (QED) is 0.730.